The Labute approximate surface area is 118 Å². The lowest BCUT2D eigenvalue weighted by atomic mass is 10.0. The highest BCUT2D eigenvalue weighted by Crippen LogP contribution is 2.33. The maximum atomic E-state index is 8.96. The molecule has 0 aromatic heterocycles. The minimum absolute atomic E-state index is 0.178. The van der Waals surface area contributed by atoms with E-state index in [0.29, 0.717) is 11.3 Å². The predicted molar refractivity (Wildman–Crippen MR) is 82.4 cm³/mol. The van der Waals surface area contributed by atoms with Crippen LogP contribution in [0.2, 0.25) is 0 Å². The van der Waals surface area contributed by atoms with Crippen LogP contribution in [0.4, 0.5) is 5.69 Å². The van der Waals surface area contributed by atoms with Gasteiger partial charge in [-0.3, -0.25) is 0 Å². The number of benzene rings is 1. The highest BCUT2D eigenvalue weighted by molar-refractivity contribution is 8.00. The number of nitrogens with zero attached hydrogens (tertiary/aromatic N) is 2. The van der Waals surface area contributed by atoms with Gasteiger partial charge >= 0.3 is 0 Å². The summed E-state index contributed by atoms with van der Waals surface area (Å²) in [5.41, 5.74) is 8.89. The fraction of sp³-hybridized carbons (Fsp3) is 0.500. The molecule has 104 valence electrons. The fourth-order valence-electron chi connectivity index (χ4n) is 2.55. The molecule has 0 bridgehead atoms. The molecule has 1 saturated heterocycles. The van der Waals surface area contributed by atoms with Crippen LogP contribution in [0.1, 0.15) is 25.0 Å². The molecule has 0 amide bonds. The number of rotatable bonds is 2. The van der Waals surface area contributed by atoms with Gasteiger partial charge in [0.1, 0.15) is 0 Å². The summed E-state index contributed by atoms with van der Waals surface area (Å²) >= 11 is 2.00. The minimum Gasteiger partial charge on any atom is -0.409 e. The first-order valence-corrected chi connectivity index (χ1v) is 7.57. The van der Waals surface area contributed by atoms with E-state index in [4.69, 9.17) is 10.9 Å². The number of aryl methyl sites for hydroxylation is 1. The quantitative estimate of drug-likeness (QED) is 0.378. The van der Waals surface area contributed by atoms with Crippen molar-refractivity contribution in [3.63, 3.8) is 0 Å². The lowest BCUT2D eigenvalue weighted by molar-refractivity contribution is 0.318. The lowest BCUT2D eigenvalue weighted by Crippen LogP contribution is -2.46. The van der Waals surface area contributed by atoms with Crippen LogP contribution >= 0.6 is 11.8 Å². The monoisotopic (exact) mass is 279 g/mol. The van der Waals surface area contributed by atoms with Gasteiger partial charge in [-0.25, -0.2) is 0 Å². The second-order valence-corrected chi connectivity index (χ2v) is 6.45. The van der Waals surface area contributed by atoms with Crippen molar-refractivity contribution in [1.82, 2.24) is 0 Å². The number of hydrogen-bond acceptors (Lipinski definition) is 4. The third-order valence-corrected chi connectivity index (χ3v) is 5.13. The summed E-state index contributed by atoms with van der Waals surface area (Å²) in [4.78, 5) is 2.38. The number of nitrogens with two attached hydrogens (primary N) is 1. The van der Waals surface area contributed by atoms with Gasteiger partial charge < -0.3 is 15.8 Å². The van der Waals surface area contributed by atoms with Gasteiger partial charge in [-0.1, -0.05) is 24.2 Å². The van der Waals surface area contributed by atoms with E-state index in [0.717, 1.165) is 29.1 Å². The highest BCUT2D eigenvalue weighted by atomic mass is 32.2. The Kier molecular flexibility index (Phi) is 4.24. The van der Waals surface area contributed by atoms with E-state index < -0.39 is 0 Å². The van der Waals surface area contributed by atoms with E-state index >= 15 is 0 Å². The Morgan fingerprint density at radius 3 is 2.89 bits per heavy atom. The van der Waals surface area contributed by atoms with Crippen LogP contribution < -0.4 is 10.6 Å². The van der Waals surface area contributed by atoms with Crippen molar-refractivity contribution in [2.45, 2.75) is 32.1 Å². The number of anilines is 1. The number of hydrogen-bond donors (Lipinski definition) is 2. The Hall–Kier alpha value is -1.36. The molecule has 4 nitrogen and oxygen atoms in total. The van der Waals surface area contributed by atoms with Crippen LogP contribution in [0.5, 0.6) is 0 Å². The average molecular weight is 279 g/mol. The average Bonchev–Trinajstić information content (AvgIpc) is 2.41. The van der Waals surface area contributed by atoms with Gasteiger partial charge in [0.15, 0.2) is 5.84 Å². The second kappa shape index (κ2) is 5.74. The van der Waals surface area contributed by atoms with E-state index in [-0.39, 0.29) is 5.84 Å². The fourth-order valence-corrected chi connectivity index (χ4v) is 3.65. The predicted octanol–water partition coefficient (Wildman–Crippen LogP) is 2.42. The summed E-state index contributed by atoms with van der Waals surface area (Å²) in [6, 6.07) is 6.36. The molecule has 3 N–H and O–H groups in total. The molecule has 1 heterocycles. The van der Waals surface area contributed by atoms with Gasteiger partial charge in [0.05, 0.1) is 5.69 Å². The van der Waals surface area contributed by atoms with E-state index in [9.17, 15) is 0 Å². The largest absolute Gasteiger partial charge is 0.409 e. The number of oxime groups is 1. The van der Waals surface area contributed by atoms with Gasteiger partial charge in [-0.2, -0.15) is 11.8 Å². The molecule has 0 aliphatic carbocycles. The van der Waals surface area contributed by atoms with Crippen LogP contribution in [-0.4, -0.2) is 34.6 Å². The molecule has 1 aliphatic rings. The zero-order chi connectivity index (χ0) is 14.0. The molecule has 19 heavy (non-hydrogen) atoms. The van der Waals surface area contributed by atoms with Crippen molar-refractivity contribution >= 4 is 23.3 Å². The topological polar surface area (TPSA) is 61.9 Å². The van der Waals surface area contributed by atoms with Gasteiger partial charge in [-0.15, -0.1) is 0 Å². The van der Waals surface area contributed by atoms with E-state index in [2.05, 4.69) is 36.9 Å². The summed E-state index contributed by atoms with van der Waals surface area (Å²) in [6.07, 6.45) is 0. The molecule has 1 aliphatic heterocycles. The van der Waals surface area contributed by atoms with Crippen LogP contribution in [0.3, 0.4) is 0 Å². The summed E-state index contributed by atoms with van der Waals surface area (Å²) in [7, 11) is 0. The summed E-state index contributed by atoms with van der Waals surface area (Å²) in [5, 5.41) is 12.7. The zero-order valence-corrected chi connectivity index (χ0v) is 12.4. The number of amidine groups is 1. The summed E-state index contributed by atoms with van der Waals surface area (Å²) in [6.45, 7) is 7.55. The standard InChI is InChI=1S/C14H21N3OS/c1-9-5-4-6-12(14(15)16-18)13(9)17-7-8-19-11(3)10(17)2/h4-6,10-11,18H,7-8H2,1-3H3,(H2,15,16). The summed E-state index contributed by atoms with van der Waals surface area (Å²) in [5.74, 6) is 1.28. The Bertz CT molecular complexity index is 490. The van der Waals surface area contributed by atoms with Crippen molar-refractivity contribution in [3.05, 3.63) is 29.3 Å². The van der Waals surface area contributed by atoms with Crippen molar-refractivity contribution < 1.29 is 5.21 Å². The first-order chi connectivity index (χ1) is 9.06. The second-order valence-electron chi connectivity index (χ2n) is 4.97. The Morgan fingerprint density at radius 2 is 2.21 bits per heavy atom. The summed E-state index contributed by atoms with van der Waals surface area (Å²) < 4.78 is 0. The van der Waals surface area contributed by atoms with E-state index in [1.54, 1.807) is 0 Å². The van der Waals surface area contributed by atoms with Crippen LogP contribution in [-0.2, 0) is 0 Å². The maximum Gasteiger partial charge on any atom is 0.172 e. The molecular formula is C14H21N3OS. The highest BCUT2D eigenvalue weighted by Gasteiger charge is 2.28. The van der Waals surface area contributed by atoms with Gasteiger partial charge in [0, 0.05) is 29.2 Å². The van der Waals surface area contributed by atoms with Gasteiger partial charge in [0.25, 0.3) is 0 Å². The number of para-hydroxylation sites is 1. The van der Waals surface area contributed by atoms with Gasteiger partial charge in [0.2, 0.25) is 0 Å². The Morgan fingerprint density at radius 1 is 1.47 bits per heavy atom. The minimum atomic E-state index is 0.178. The molecule has 1 fully saturated rings. The third kappa shape index (κ3) is 2.66. The third-order valence-electron chi connectivity index (χ3n) is 3.79. The first kappa shape index (κ1) is 14.1. The lowest BCUT2D eigenvalue weighted by Gasteiger charge is -2.40. The molecule has 1 aromatic carbocycles. The molecule has 0 saturated carbocycles. The Balaban J connectivity index is 2.48. The normalized spacial score (nSPS) is 24.6. The molecule has 0 radical (unpaired) electrons. The first-order valence-electron chi connectivity index (χ1n) is 6.52. The SMILES string of the molecule is Cc1cccc(/C(N)=N/O)c1N1CCSC(C)C1C. The molecular weight excluding hydrogens is 258 g/mol. The zero-order valence-electron chi connectivity index (χ0n) is 11.6. The van der Waals surface area contributed by atoms with Crippen LogP contribution in [0, 0.1) is 6.92 Å². The van der Waals surface area contributed by atoms with E-state index in [1.165, 1.54) is 0 Å². The molecule has 5 heteroatoms. The molecule has 1 aromatic rings. The molecule has 2 atom stereocenters. The van der Waals surface area contributed by atoms with Crippen LogP contribution in [0.25, 0.3) is 0 Å². The van der Waals surface area contributed by atoms with Crippen molar-refractivity contribution in [1.29, 1.82) is 0 Å². The maximum absolute atomic E-state index is 8.96. The molecule has 2 unspecified atom stereocenters. The van der Waals surface area contributed by atoms with Crippen molar-refractivity contribution in [2.75, 3.05) is 17.2 Å². The van der Waals surface area contributed by atoms with Crippen molar-refractivity contribution in [3.8, 4) is 0 Å². The van der Waals surface area contributed by atoms with Crippen LogP contribution in [0.15, 0.2) is 23.4 Å². The van der Waals surface area contributed by atoms with Crippen molar-refractivity contribution in [2.24, 2.45) is 10.9 Å². The molecule has 2 rings (SSSR count). The van der Waals surface area contributed by atoms with Gasteiger partial charge in [-0.05, 0) is 25.5 Å². The molecule has 0 spiro atoms. The van der Waals surface area contributed by atoms with E-state index in [1.807, 2.05) is 23.9 Å². The number of thioether (sulfide) groups is 1. The smallest absolute Gasteiger partial charge is 0.172 e.